The van der Waals surface area contributed by atoms with Gasteiger partial charge in [0.2, 0.25) is 0 Å². The van der Waals surface area contributed by atoms with Crippen LogP contribution in [0.2, 0.25) is 0 Å². The largest absolute Gasteiger partial charge is 0.334 e. The fourth-order valence-corrected chi connectivity index (χ4v) is 9.56. The first-order valence-electron chi connectivity index (χ1n) is 19.3. The number of benzene rings is 6. The lowest BCUT2D eigenvalue weighted by Crippen LogP contribution is -2.49. The van der Waals surface area contributed by atoms with Crippen molar-refractivity contribution in [3.05, 3.63) is 197 Å². The highest BCUT2D eigenvalue weighted by Gasteiger charge is 2.45. The molecule has 10 rings (SSSR count). The van der Waals surface area contributed by atoms with Crippen LogP contribution in [-0.4, -0.2) is 6.04 Å². The maximum atomic E-state index is 2.59. The van der Waals surface area contributed by atoms with E-state index in [1.54, 1.807) is 0 Å². The van der Waals surface area contributed by atoms with Gasteiger partial charge in [0.1, 0.15) is 0 Å². The SMILES string of the molecule is CC1(C)c2cc(/C=C/c3ccc(N4c5ccccc5C=Cc5ccccc54)cc3)ccc2-c2ccc(N3c4ccccc4C(C)(C)C4C=CC=CC43)cc21. The Morgan fingerprint density at radius 2 is 1.06 bits per heavy atom. The van der Waals surface area contributed by atoms with Crippen LogP contribution in [0.5, 0.6) is 0 Å². The number of allylic oxidation sites excluding steroid dienone is 2. The summed E-state index contributed by atoms with van der Waals surface area (Å²) in [4.78, 5) is 4.96. The molecule has 0 radical (unpaired) electrons. The highest BCUT2D eigenvalue weighted by Crippen LogP contribution is 2.54. The van der Waals surface area contributed by atoms with Crippen LogP contribution in [0.4, 0.5) is 28.4 Å². The van der Waals surface area contributed by atoms with Gasteiger partial charge in [0, 0.05) is 33.8 Å². The van der Waals surface area contributed by atoms with E-state index in [0.29, 0.717) is 5.92 Å². The van der Waals surface area contributed by atoms with Crippen molar-refractivity contribution in [1.82, 2.24) is 0 Å². The summed E-state index contributed by atoms with van der Waals surface area (Å²) in [6.45, 7) is 9.59. The molecule has 2 atom stereocenters. The summed E-state index contributed by atoms with van der Waals surface area (Å²) >= 11 is 0. The third kappa shape index (κ3) is 5.01. The summed E-state index contributed by atoms with van der Waals surface area (Å²) in [6.07, 6.45) is 18.2. The molecule has 0 saturated carbocycles. The Morgan fingerprint density at radius 1 is 0.500 bits per heavy atom. The normalized spacial score (nSPS) is 19.4. The monoisotopic (exact) mass is 696 g/mol. The molecule has 2 heterocycles. The first-order valence-corrected chi connectivity index (χ1v) is 19.3. The van der Waals surface area contributed by atoms with Crippen molar-refractivity contribution < 1.29 is 0 Å². The van der Waals surface area contributed by atoms with E-state index < -0.39 is 0 Å². The van der Waals surface area contributed by atoms with Crippen molar-refractivity contribution in [3.63, 3.8) is 0 Å². The van der Waals surface area contributed by atoms with Crippen molar-refractivity contribution in [3.8, 4) is 11.1 Å². The molecule has 2 aliphatic heterocycles. The van der Waals surface area contributed by atoms with Crippen LogP contribution >= 0.6 is 0 Å². The Bertz CT molecular complexity index is 2530. The lowest BCUT2D eigenvalue weighted by Gasteiger charge is -2.50. The van der Waals surface area contributed by atoms with Crippen LogP contribution in [-0.2, 0) is 10.8 Å². The van der Waals surface area contributed by atoms with Crippen molar-refractivity contribution in [1.29, 1.82) is 0 Å². The molecule has 6 aromatic carbocycles. The van der Waals surface area contributed by atoms with Crippen molar-refractivity contribution >= 4 is 52.7 Å². The third-order valence-electron chi connectivity index (χ3n) is 12.5. The van der Waals surface area contributed by atoms with Gasteiger partial charge in [-0.3, -0.25) is 0 Å². The molecule has 6 aromatic rings. The molecule has 0 aromatic heterocycles. The lowest BCUT2D eigenvalue weighted by molar-refractivity contribution is 0.332. The molecule has 0 fully saturated rings. The molecule has 54 heavy (non-hydrogen) atoms. The van der Waals surface area contributed by atoms with E-state index in [0.717, 1.165) is 5.69 Å². The van der Waals surface area contributed by atoms with Gasteiger partial charge in [0.25, 0.3) is 0 Å². The highest BCUT2D eigenvalue weighted by atomic mass is 15.2. The quantitative estimate of drug-likeness (QED) is 0.169. The van der Waals surface area contributed by atoms with Gasteiger partial charge < -0.3 is 9.80 Å². The summed E-state index contributed by atoms with van der Waals surface area (Å²) in [6, 6.07) is 49.7. The maximum Gasteiger partial charge on any atom is 0.0596 e. The average Bonchev–Trinajstić information content (AvgIpc) is 3.31. The molecular weight excluding hydrogens is 653 g/mol. The fraction of sp³-hybridized carbons (Fsp3) is 0.154. The molecule has 0 amide bonds. The molecule has 262 valence electrons. The van der Waals surface area contributed by atoms with Crippen LogP contribution in [0.25, 0.3) is 35.4 Å². The second kappa shape index (κ2) is 12.2. The Balaban J connectivity index is 0.947. The first kappa shape index (κ1) is 32.5. The Labute approximate surface area is 319 Å². The number of hydrogen-bond acceptors (Lipinski definition) is 2. The Hall–Kier alpha value is -6.12. The van der Waals surface area contributed by atoms with E-state index in [9.17, 15) is 0 Å². The number of hydrogen-bond donors (Lipinski definition) is 0. The predicted molar refractivity (Wildman–Crippen MR) is 230 cm³/mol. The number of para-hydroxylation sites is 3. The molecule has 2 aliphatic carbocycles. The Kier molecular flexibility index (Phi) is 7.36. The second-order valence-electron chi connectivity index (χ2n) is 16.3. The van der Waals surface area contributed by atoms with Crippen molar-refractivity contribution in [2.45, 2.75) is 44.6 Å². The lowest BCUT2D eigenvalue weighted by atomic mass is 9.65. The van der Waals surface area contributed by atoms with Crippen LogP contribution < -0.4 is 9.80 Å². The summed E-state index contributed by atoms with van der Waals surface area (Å²) in [7, 11) is 0. The minimum atomic E-state index is -0.128. The van der Waals surface area contributed by atoms with Gasteiger partial charge in [-0.2, -0.15) is 0 Å². The fourth-order valence-electron chi connectivity index (χ4n) is 9.56. The van der Waals surface area contributed by atoms with E-state index >= 15 is 0 Å². The van der Waals surface area contributed by atoms with Gasteiger partial charge in [-0.15, -0.1) is 0 Å². The standard InChI is InChI=1S/C52H44N2/c1-51(2)43-15-7-11-19-49(43)54(50-20-12-8-16-44(50)51)40-30-32-42-41-31-25-36(33-45(41)52(3,4)46(42)34-40)22-21-35-23-28-39(29-24-35)53-47-17-9-5-13-37(47)26-27-38-14-6-10-18-48(38)53/h5-34,43,49H,1-4H3/b22-21+. The summed E-state index contributed by atoms with van der Waals surface area (Å²) in [5.41, 5.74) is 17.7. The third-order valence-corrected chi connectivity index (χ3v) is 12.5. The molecule has 2 unspecified atom stereocenters. The maximum absolute atomic E-state index is 2.59. The molecule has 2 nitrogen and oxygen atoms in total. The number of rotatable bonds is 4. The minimum Gasteiger partial charge on any atom is -0.334 e. The number of anilines is 5. The molecular formula is C52H44N2. The molecule has 4 aliphatic rings. The molecule has 0 spiro atoms. The van der Waals surface area contributed by atoms with Gasteiger partial charge in [-0.05, 0) is 92.5 Å². The summed E-state index contributed by atoms with van der Waals surface area (Å²) in [5.74, 6) is 0.390. The molecule has 0 saturated heterocycles. The average molecular weight is 697 g/mol. The van der Waals surface area contributed by atoms with Crippen LogP contribution in [0.3, 0.4) is 0 Å². The van der Waals surface area contributed by atoms with Gasteiger partial charge in [-0.1, -0.05) is 167 Å². The first-order chi connectivity index (χ1) is 26.3. The van der Waals surface area contributed by atoms with Crippen LogP contribution in [0.15, 0.2) is 158 Å². The number of fused-ring (bicyclic) bond motifs is 7. The van der Waals surface area contributed by atoms with Crippen LogP contribution in [0, 0.1) is 5.92 Å². The van der Waals surface area contributed by atoms with Gasteiger partial charge in [0.05, 0.1) is 17.4 Å². The zero-order valence-corrected chi connectivity index (χ0v) is 31.4. The minimum absolute atomic E-state index is 0.0418. The van der Waals surface area contributed by atoms with Gasteiger partial charge in [0.15, 0.2) is 0 Å². The van der Waals surface area contributed by atoms with E-state index in [1.165, 1.54) is 72.8 Å². The van der Waals surface area contributed by atoms with Gasteiger partial charge in [-0.25, -0.2) is 0 Å². The second-order valence-corrected chi connectivity index (χ2v) is 16.3. The van der Waals surface area contributed by atoms with Crippen molar-refractivity contribution in [2.24, 2.45) is 5.92 Å². The molecule has 0 bridgehead atoms. The molecule has 0 N–H and O–H groups in total. The zero-order chi connectivity index (χ0) is 36.6. The number of nitrogens with zero attached hydrogens (tertiary/aromatic N) is 2. The summed E-state index contributed by atoms with van der Waals surface area (Å²) < 4.78 is 0. The van der Waals surface area contributed by atoms with Crippen LogP contribution in [0.1, 0.15) is 66.6 Å². The molecule has 2 heteroatoms. The topological polar surface area (TPSA) is 6.48 Å². The van der Waals surface area contributed by atoms with E-state index in [2.05, 4.69) is 220 Å². The van der Waals surface area contributed by atoms with Gasteiger partial charge >= 0.3 is 0 Å². The van der Waals surface area contributed by atoms with Crippen molar-refractivity contribution in [2.75, 3.05) is 9.80 Å². The Morgan fingerprint density at radius 3 is 1.78 bits per heavy atom. The highest BCUT2D eigenvalue weighted by molar-refractivity contribution is 5.93. The predicted octanol–water partition coefficient (Wildman–Crippen LogP) is 13.7. The smallest absolute Gasteiger partial charge is 0.0596 e. The van der Waals surface area contributed by atoms with E-state index in [-0.39, 0.29) is 16.9 Å². The van der Waals surface area contributed by atoms with E-state index in [1.807, 2.05) is 0 Å². The summed E-state index contributed by atoms with van der Waals surface area (Å²) in [5, 5.41) is 0. The zero-order valence-electron chi connectivity index (χ0n) is 31.4. The van der Waals surface area contributed by atoms with E-state index in [4.69, 9.17) is 0 Å².